The Morgan fingerprint density at radius 2 is 1.75 bits per heavy atom. The van der Waals surface area contributed by atoms with Gasteiger partial charge in [0.25, 0.3) is 0 Å². The number of likely N-dealkylation sites (tertiary alicyclic amines) is 1. The highest BCUT2D eigenvalue weighted by Gasteiger charge is 2.48. The maximum absolute atomic E-state index is 13.7. The van der Waals surface area contributed by atoms with Crippen molar-refractivity contribution in [2.45, 2.75) is 18.1 Å². The van der Waals surface area contributed by atoms with E-state index in [1.807, 2.05) is 11.9 Å². The largest absolute Gasteiger partial charge is 0.490 e. The van der Waals surface area contributed by atoms with Gasteiger partial charge in [-0.2, -0.15) is 13.2 Å². The first-order valence-corrected chi connectivity index (χ1v) is 11.1. The van der Waals surface area contributed by atoms with E-state index in [1.54, 1.807) is 46.2 Å². The second-order valence-electron chi connectivity index (χ2n) is 8.45. The molecule has 2 saturated heterocycles. The van der Waals surface area contributed by atoms with E-state index in [9.17, 15) is 27.2 Å². The topological polar surface area (TPSA) is 93.2 Å². The second-order valence-corrected chi connectivity index (χ2v) is 8.89. The van der Waals surface area contributed by atoms with E-state index in [4.69, 9.17) is 21.5 Å². The van der Waals surface area contributed by atoms with Crippen molar-refractivity contribution in [1.29, 1.82) is 0 Å². The van der Waals surface area contributed by atoms with Crippen molar-refractivity contribution in [3.8, 4) is 0 Å². The summed E-state index contributed by atoms with van der Waals surface area (Å²) in [5.41, 5.74) is 0.859. The van der Waals surface area contributed by atoms with Gasteiger partial charge >= 0.3 is 18.2 Å². The molecule has 2 aromatic carbocycles. The van der Waals surface area contributed by atoms with E-state index < -0.39 is 12.1 Å². The first-order valence-electron chi connectivity index (χ1n) is 10.7. The summed E-state index contributed by atoms with van der Waals surface area (Å²) in [5.74, 6) is -3.21. The van der Waals surface area contributed by atoms with Crippen LogP contribution in [0.15, 0.2) is 48.5 Å². The number of benzene rings is 2. The fourth-order valence-corrected chi connectivity index (χ4v) is 4.17. The standard InChI is InChI=1S/C21H22ClFN4O2.C2HF3O2/c1-25-12-19(28)27(18-4-2-3-16(23)11-18)14-21(25)9-10-26(13-21)20(29)24-17-7-5-15(22)6-8-17;3-2(4,5)1(6)7/h2-8,11H,9-10,12-14H2,1H3,(H,24,29);(H,6,7). The van der Waals surface area contributed by atoms with Gasteiger partial charge in [-0.25, -0.2) is 14.0 Å². The molecule has 2 heterocycles. The van der Waals surface area contributed by atoms with Gasteiger partial charge in [-0.1, -0.05) is 17.7 Å². The molecule has 0 saturated carbocycles. The average molecular weight is 531 g/mol. The van der Waals surface area contributed by atoms with Gasteiger partial charge in [-0.05, 0) is 55.9 Å². The lowest BCUT2D eigenvalue weighted by Crippen LogP contribution is -2.64. The summed E-state index contributed by atoms with van der Waals surface area (Å²) < 4.78 is 45.4. The monoisotopic (exact) mass is 530 g/mol. The van der Waals surface area contributed by atoms with Gasteiger partial charge in [-0.15, -0.1) is 0 Å². The molecule has 0 bridgehead atoms. The van der Waals surface area contributed by atoms with Crippen molar-refractivity contribution in [2.24, 2.45) is 0 Å². The number of carboxylic acid groups (broad SMARTS) is 1. The van der Waals surface area contributed by atoms with E-state index in [-0.39, 0.29) is 29.8 Å². The number of urea groups is 1. The quantitative estimate of drug-likeness (QED) is 0.571. The van der Waals surface area contributed by atoms with Crippen LogP contribution in [0.2, 0.25) is 5.02 Å². The maximum Gasteiger partial charge on any atom is 0.490 e. The smallest absolute Gasteiger partial charge is 0.475 e. The van der Waals surface area contributed by atoms with E-state index in [0.717, 1.165) is 6.42 Å². The molecule has 4 rings (SSSR count). The van der Waals surface area contributed by atoms with Gasteiger partial charge < -0.3 is 20.2 Å². The zero-order valence-electron chi connectivity index (χ0n) is 19.1. The van der Waals surface area contributed by atoms with E-state index >= 15 is 0 Å². The highest BCUT2D eigenvalue weighted by atomic mass is 35.5. The number of hydrogen-bond acceptors (Lipinski definition) is 4. The molecule has 1 atom stereocenters. The van der Waals surface area contributed by atoms with Crippen LogP contribution < -0.4 is 10.2 Å². The summed E-state index contributed by atoms with van der Waals surface area (Å²) in [7, 11) is 1.90. The van der Waals surface area contributed by atoms with Crippen LogP contribution in [0.4, 0.5) is 33.7 Å². The van der Waals surface area contributed by atoms with Crippen molar-refractivity contribution in [2.75, 3.05) is 43.4 Å². The minimum absolute atomic E-state index is 0.0761. The molecule has 194 valence electrons. The van der Waals surface area contributed by atoms with Gasteiger partial charge in [0.05, 0.1) is 12.1 Å². The van der Waals surface area contributed by atoms with Crippen LogP contribution in [-0.2, 0) is 9.59 Å². The fraction of sp³-hybridized carbons (Fsp3) is 0.348. The number of piperazine rings is 1. The summed E-state index contributed by atoms with van der Waals surface area (Å²) >= 11 is 5.89. The molecular formula is C23H23ClF4N4O4. The molecule has 2 aliphatic rings. The van der Waals surface area contributed by atoms with Crippen LogP contribution in [0, 0.1) is 5.82 Å². The van der Waals surface area contributed by atoms with Crippen molar-refractivity contribution in [1.82, 2.24) is 9.80 Å². The Morgan fingerprint density at radius 3 is 2.33 bits per heavy atom. The number of alkyl halides is 3. The first kappa shape index (κ1) is 27.2. The Balaban J connectivity index is 0.000000454. The molecule has 1 spiro atoms. The third kappa shape index (κ3) is 6.43. The van der Waals surface area contributed by atoms with Crippen molar-refractivity contribution in [3.63, 3.8) is 0 Å². The third-order valence-electron chi connectivity index (χ3n) is 6.01. The number of aliphatic carboxylic acids is 1. The normalized spacial score (nSPS) is 20.2. The maximum atomic E-state index is 13.7. The Bertz CT molecular complexity index is 1130. The number of halogens is 5. The lowest BCUT2D eigenvalue weighted by atomic mass is 9.92. The van der Waals surface area contributed by atoms with Crippen LogP contribution in [0.25, 0.3) is 0 Å². The van der Waals surface area contributed by atoms with Crippen LogP contribution in [-0.4, -0.2) is 77.8 Å². The van der Waals surface area contributed by atoms with E-state index in [0.29, 0.717) is 36.0 Å². The first-order chi connectivity index (χ1) is 16.8. The van der Waals surface area contributed by atoms with Crippen molar-refractivity contribution < 1.29 is 37.1 Å². The van der Waals surface area contributed by atoms with Gasteiger partial charge in [-0.3, -0.25) is 9.69 Å². The number of carboxylic acids is 1. The number of anilines is 2. The molecule has 2 fully saturated rings. The zero-order chi connectivity index (χ0) is 26.7. The molecule has 8 nitrogen and oxygen atoms in total. The minimum atomic E-state index is -5.08. The Kier molecular flexibility index (Phi) is 8.09. The highest BCUT2D eigenvalue weighted by molar-refractivity contribution is 6.30. The van der Waals surface area contributed by atoms with Gasteiger partial charge in [0.1, 0.15) is 5.82 Å². The molecule has 13 heteroatoms. The number of hydrogen-bond donors (Lipinski definition) is 2. The number of nitrogens with one attached hydrogen (secondary N) is 1. The summed E-state index contributed by atoms with van der Waals surface area (Å²) in [5, 5.41) is 10.6. The van der Waals surface area contributed by atoms with Gasteiger partial charge in [0, 0.05) is 36.0 Å². The van der Waals surface area contributed by atoms with Crippen LogP contribution in [0.3, 0.4) is 0 Å². The summed E-state index contributed by atoms with van der Waals surface area (Å²) in [6, 6.07) is 12.8. The third-order valence-corrected chi connectivity index (χ3v) is 6.26. The number of carbonyl (C=O) groups excluding carboxylic acids is 2. The van der Waals surface area contributed by atoms with Crippen molar-refractivity contribution in [3.05, 3.63) is 59.4 Å². The second kappa shape index (κ2) is 10.7. The Hall–Kier alpha value is -3.38. The van der Waals surface area contributed by atoms with Crippen molar-refractivity contribution >= 4 is 40.9 Å². The molecule has 0 aromatic heterocycles. The molecule has 0 radical (unpaired) electrons. The number of rotatable bonds is 2. The average Bonchev–Trinajstić information content (AvgIpc) is 3.23. The molecular weight excluding hydrogens is 508 g/mol. The molecule has 0 aliphatic carbocycles. The fourth-order valence-electron chi connectivity index (χ4n) is 4.04. The van der Waals surface area contributed by atoms with Gasteiger partial charge in [0.15, 0.2) is 0 Å². The summed E-state index contributed by atoms with van der Waals surface area (Å²) in [6.07, 6.45) is -4.35. The molecule has 2 N–H and O–H groups in total. The SMILES string of the molecule is CN1CC(=O)N(c2cccc(F)c2)CC12CCN(C(=O)Nc1ccc(Cl)cc1)C2.O=C(O)C(F)(F)F. The summed E-state index contributed by atoms with van der Waals surface area (Å²) in [4.78, 5) is 39.6. The Morgan fingerprint density at radius 1 is 1.11 bits per heavy atom. The van der Waals surface area contributed by atoms with E-state index in [2.05, 4.69) is 5.32 Å². The van der Waals surface area contributed by atoms with Crippen LogP contribution >= 0.6 is 11.6 Å². The summed E-state index contributed by atoms with van der Waals surface area (Å²) in [6.45, 7) is 1.70. The number of nitrogens with zero attached hydrogens (tertiary/aromatic N) is 3. The minimum Gasteiger partial charge on any atom is -0.475 e. The molecule has 36 heavy (non-hydrogen) atoms. The number of carbonyl (C=O) groups is 3. The molecule has 2 aliphatic heterocycles. The zero-order valence-corrected chi connectivity index (χ0v) is 19.8. The van der Waals surface area contributed by atoms with Gasteiger partial charge in [0.2, 0.25) is 5.91 Å². The molecule has 1 unspecified atom stereocenters. The predicted octanol–water partition coefficient (Wildman–Crippen LogP) is 4.07. The molecule has 3 amide bonds. The Labute approximate surface area is 209 Å². The van der Waals surface area contributed by atoms with Crippen LogP contribution in [0.1, 0.15) is 6.42 Å². The highest BCUT2D eigenvalue weighted by Crippen LogP contribution is 2.34. The van der Waals surface area contributed by atoms with Crippen LogP contribution in [0.5, 0.6) is 0 Å². The number of likely N-dealkylation sites (N-methyl/N-ethyl adjacent to an activating group) is 1. The van der Waals surface area contributed by atoms with E-state index in [1.165, 1.54) is 12.1 Å². The number of amides is 3. The predicted molar refractivity (Wildman–Crippen MR) is 124 cm³/mol. The molecule has 2 aromatic rings. The lowest BCUT2D eigenvalue weighted by Gasteiger charge is -2.46. The lowest BCUT2D eigenvalue weighted by molar-refractivity contribution is -0.192.